The van der Waals surface area contributed by atoms with Crippen molar-refractivity contribution in [3.8, 4) is 0 Å². The number of hydrogen-bond donors (Lipinski definition) is 0. The van der Waals surface area contributed by atoms with Crippen LogP contribution in [0.25, 0.3) is 0 Å². The van der Waals surface area contributed by atoms with Crippen molar-refractivity contribution in [3.05, 3.63) is 34.9 Å². The second-order valence-electron chi connectivity index (χ2n) is 5.76. The number of carbonyl (C=O) groups is 2. The predicted octanol–water partition coefficient (Wildman–Crippen LogP) is 2.42. The van der Waals surface area contributed by atoms with Crippen molar-refractivity contribution in [1.82, 2.24) is 9.80 Å². The highest BCUT2D eigenvalue weighted by molar-refractivity contribution is 6.30. The zero-order valence-electron chi connectivity index (χ0n) is 11.9. The van der Waals surface area contributed by atoms with Gasteiger partial charge in [-0.3, -0.25) is 9.59 Å². The third-order valence-corrected chi connectivity index (χ3v) is 4.64. The normalized spacial score (nSPS) is 19.3. The molecule has 21 heavy (non-hydrogen) atoms. The third-order valence-electron chi connectivity index (χ3n) is 4.40. The largest absolute Gasteiger partial charge is 0.339 e. The fourth-order valence-electron chi connectivity index (χ4n) is 2.85. The quantitative estimate of drug-likeness (QED) is 0.842. The van der Waals surface area contributed by atoms with Gasteiger partial charge in [0.1, 0.15) is 0 Å². The first-order chi connectivity index (χ1) is 10.1. The molecule has 0 N–H and O–H groups in total. The molecule has 0 aromatic heterocycles. The van der Waals surface area contributed by atoms with E-state index in [2.05, 4.69) is 0 Å². The molecular formula is C16H19ClN2O2. The van der Waals surface area contributed by atoms with E-state index in [-0.39, 0.29) is 17.7 Å². The summed E-state index contributed by atoms with van der Waals surface area (Å²) in [6.07, 6.45) is 3.23. The Bertz CT molecular complexity index is 549. The number of hydrogen-bond acceptors (Lipinski definition) is 2. The summed E-state index contributed by atoms with van der Waals surface area (Å²) in [5.74, 6) is 0.504. The molecule has 2 aliphatic rings. The number of rotatable bonds is 2. The van der Waals surface area contributed by atoms with Gasteiger partial charge in [0, 0.05) is 42.7 Å². The average molecular weight is 307 g/mol. The van der Waals surface area contributed by atoms with Crippen molar-refractivity contribution in [2.75, 3.05) is 26.2 Å². The Morgan fingerprint density at radius 2 is 1.71 bits per heavy atom. The maximum atomic E-state index is 12.4. The summed E-state index contributed by atoms with van der Waals surface area (Å²) in [5, 5.41) is 0.569. The molecule has 2 amide bonds. The van der Waals surface area contributed by atoms with E-state index in [9.17, 15) is 9.59 Å². The van der Waals surface area contributed by atoms with Gasteiger partial charge in [-0.05, 0) is 31.0 Å². The fraction of sp³-hybridized carbons (Fsp3) is 0.500. The van der Waals surface area contributed by atoms with Crippen molar-refractivity contribution in [3.63, 3.8) is 0 Å². The number of carbonyl (C=O) groups excluding carboxylic acids is 2. The van der Waals surface area contributed by atoms with Crippen LogP contribution in [0.4, 0.5) is 0 Å². The number of amides is 2. The summed E-state index contributed by atoms with van der Waals surface area (Å²) in [5.41, 5.74) is 0.612. The molecule has 1 aromatic carbocycles. The van der Waals surface area contributed by atoms with Gasteiger partial charge >= 0.3 is 0 Å². The van der Waals surface area contributed by atoms with Gasteiger partial charge in [0.05, 0.1) is 0 Å². The number of piperazine rings is 1. The summed E-state index contributed by atoms with van der Waals surface area (Å²) in [4.78, 5) is 28.3. The Morgan fingerprint density at radius 3 is 2.29 bits per heavy atom. The standard InChI is InChI=1S/C16H19ClN2O2/c17-14-6-2-5-13(11-14)16(21)19-9-7-18(8-10-19)15(20)12-3-1-4-12/h2,5-6,11-12H,1,3-4,7-10H2. The first kappa shape index (κ1) is 14.4. The predicted molar refractivity (Wildman–Crippen MR) is 81.3 cm³/mol. The molecule has 4 nitrogen and oxygen atoms in total. The van der Waals surface area contributed by atoms with E-state index in [0.717, 1.165) is 12.8 Å². The van der Waals surface area contributed by atoms with E-state index in [1.165, 1.54) is 6.42 Å². The van der Waals surface area contributed by atoms with Crippen molar-refractivity contribution in [2.45, 2.75) is 19.3 Å². The number of nitrogens with zero attached hydrogens (tertiary/aromatic N) is 2. The van der Waals surface area contributed by atoms with E-state index < -0.39 is 0 Å². The van der Waals surface area contributed by atoms with Gasteiger partial charge in [-0.25, -0.2) is 0 Å². The van der Waals surface area contributed by atoms with Gasteiger partial charge in [-0.15, -0.1) is 0 Å². The molecule has 0 unspecified atom stereocenters. The highest BCUT2D eigenvalue weighted by Gasteiger charge is 2.32. The minimum absolute atomic E-state index is 0.00626. The second kappa shape index (κ2) is 6.06. The van der Waals surface area contributed by atoms with Crippen molar-refractivity contribution < 1.29 is 9.59 Å². The van der Waals surface area contributed by atoms with Gasteiger partial charge in [-0.1, -0.05) is 24.1 Å². The highest BCUT2D eigenvalue weighted by Crippen LogP contribution is 2.28. The molecule has 3 rings (SSSR count). The lowest BCUT2D eigenvalue weighted by atomic mass is 9.84. The van der Waals surface area contributed by atoms with Crippen LogP contribution in [0.5, 0.6) is 0 Å². The molecule has 0 spiro atoms. The minimum Gasteiger partial charge on any atom is -0.339 e. The molecule has 1 aliphatic heterocycles. The summed E-state index contributed by atoms with van der Waals surface area (Å²) < 4.78 is 0. The molecule has 0 atom stereocenters. The van der Waals surface area contributed by atoms with Gasteiger partial charge < -0.3 is 9.80 Å². The molecule has 0 bridgehead atoms. The van der Waals surface area contributed by atoms with Crippen LogP contribution in [0, 0.1) is 5.92 Å². The van der Waals surface area contributed by atoms with Crippen LogP contribution >= 0.6 is 11.6 Å². The molecule has 0 radical (unpaired) electrons. The van der Waals surface area contributed by atoms with Gasteiger partial charge in [0.25, 0.3) is 5.91 Å². The second-order valence-corrected chi connectivity index (χ2v) is 6.19. The van der Waals surface area contributed by atoms with Crippen LogP contribution in [-0.2, 0) is 4.79 Å². The van der Waals surface area contributed by atoms with Crippen LogP contribution in [0.3, 0.4) is 0 Å². The monoisotopic (exact) mass is 306 g/mol. The lowest BCUT2D eigenvalue weighted by Crippen LogP contribution is -2.52. The van der Waals surface area contributed by atoms with Crippen molar-refractivity contribution in [2.24, 2.45) is 5.92 Å². The van der Waals surface area contributed by atoms with E-state index in [0.29, 0.717) is 36.8 Å². The summed E-state index contributed by atoms with van der Waals surface area (Å²) >= 11 is 5.93. The van der Waals surface area contributed by atoms with Crippen LogP contribution in [0.1, 0.15) is 29.6 Å². The Hall–Kier alpha value is -1.55. The van der Waals surface area contributed by atoms with E-state index >= 15 is 0 Å². The van der Waals surface area contributed by atoms with E-state index in [4.69, 9.17) is 11.6 Å². The molecule has 1 heterocycles. The molecule has 5 heteroatoms. The fourth-order valence-corrected chi connectivity index (χ4v) is 3.04. The van der Waals surface area contributed by atoms with Crippen LogP contribution in [-0.4, -0.2) is 47.8 Å². The third kappa shape index (κ3) is 3.05. The summed E-state index contributed by atoms with van der Waals surface area (Å²) in [6.45, 7) is 2.48. The SMILES string of the molecule is O=C(c1cccc(Cl)c1)N1CCN(C(=O)C2CCC2)CC1. The Balaban J connectivity index is 1.57. The Labute approximate surface area is 129 Å². The molecule has 112 valence electrons. The number of halogens is 1. The average Bonchev–Trinajstić information content (AvgIpc) is 2.45. The van der Waals surface area contributed by atoms with Gasteiger partial charge in [0.15, 0.2) is 0 Å². The lowest BCUT2D eigenvalue weighted by Gasteiger charge is -2.38. The van der Waals surface area contributed by atoms with Gasteiger partial charge in [0.2, 0.25) is 5.91 Å². The zero-order chi connectivity index (χ0) is 14.8. The van der Waals surface area contributed by atoms with E-state index in [1.807, 2.05) is 4.90 Å². The molecular weight excluding hydrogens is 288 g/mol. The maximum Gasteiger partial charge on any atom is 0.254 e. The van der Waals surface area contributed by atoms with Crippen molar-refractivity contribution in [1.29, 1.82) is 0 Å². The van der Waals surface area contributed by atoms with Crippen molar-refractivity contribution >= 4 is 23.4 Å². The van der Waals surface area contributed by atoms with Crippen LogP contribution in [0.15, 0.2) is 24.3 Å². The minimum atomic E-state index is -0.00626. The first-order valence-electron chi connectivity index (χ1n) is 7.49. The van der Waals surface area contributed by atoms with Crippen LogP contribution in [0.2, 0.25) is 5.02 Å². The topological polar surface area (TPSA) is 40.6 Å². The smallest absolute Gasteiger partial charge is 0.254 e. The Morgan fingerprint density at radius 1 is 1.05 bits per heavy atom. The zero-order valence-corrected chi connectivity index (χ0v) is 12.7. The molecule has 1 saturated carbocycles. The molecule has 1 aliphatic carbocycles. The maximum absolute atomic E-state index is 12.4. The Kier molecular flexibility index (Phi) is 4.15. The van der Waals surface area contributed by atoms with Crippen LogP contribution < -0.4 is 0 Å². The number of benzene rings is 1. The lowest BCUT2D eigenvalue weighted by molar-refractivity contribution is -0.139. The summed E-state index contributed by atoms with van der Waals surface area (Å²) in [6, 6.07) is 7.01. The first-order valence-corrected chi connectivity index (χ1v) is 7.86. The van der Waals surface area contributed by atoms with E-state index in [1.54, 1.807) is 29.2 Å². The highest BCUT2D eigenvalue weighted by atomic mass is 35.5. The molecule has 1 saturated heterocycles. The molecule has 2 fully saturated rings. The van der Waals surface area contributed by atoms with Gasteiger partial charge in [-0.2, -0.15) is 0 Å². The molecule has 1 aromatic rings. The summed E-state index contributed by atoms with van der Waals surface area (Å²) in [7, 11) is 0.